The molecular formula is C18H29N3. The molecule has 0 aliphatic carbocycles. The Morgan fingerprint density at radius 2 is 1.86 bits per heavy atom. The summed E-state index contributed by atoms with van der Waals surface area (Å²) in [5, 5.41) is 0. The van der Waals surface area contributed by atoms with Crippen LogP contribution in [0, 0.1) is 5.92 Å². The largest absolute Gasteiger partial charge is 0.323 e. The highest BCUT2D eigenvalue weighted by Crippen LogP contribution is 2.29. The first-order valence-electron chi connectivity index (χ1n) is 8.45. The van der Waals surface area contributed by atoms with E-state index in [1.807, 2.05) is 0 Å². The van der Waals surface area contributed by atoms with Crippen molar-refractivity contribution < 1.29 is 0 Å². The van der Waals surface area contributed by atoms with Crippen molar-refractivity contribution in [1.82, 2.24) is 9.80 Å². The van der Waals surface area contributed by atoms with Crippen molar-refractivity contribution in [2.75, 3.05) is 26.2 Å². The zero-order chi connectivity index (χ0) is 14.8. The first kappa shape index (κ1) is 15.0. The molecule has 1 aromatic carbocycles. The zero-order valence-electron chi connectivity index (χ0n) is 13.4. The smallest absolute Gasteiger partial charge is 0.0455 e. The Kier molecular flexibility index (Phi) is 4.63. The van der Waals surface area contributed by atoms with Gasteiger partial charge in [0.05, 0.1) is 0 Å². The lowest BCUT2D eigenvalue weighted by atomic mass is 9.89. The van der Waals surface area contributed by atoms with Crippen LogP contribution >= 0.6 is 0 Å². The van der Waals surface area contributed by atoms with Crippen LogP contribution < -0.4 is 5.73 Å². The molecule has 3 rings (SSSR count). The van der Waals surface area contributed by atoms with Gasteiger partial charge in [-0.3, -0.25) is 9.80 Å². The third kappa shape index (κ3) is 3.15. The minimum Gasteiger partial charge on any atom is -0.323 e. The fraction of sp³-hybridized carbons (Fsp3) is 0.667. The van der Waals surface area contributed by atoms with Gasteiger partial charge in [0.15, 0.2) is 0 Å². The number of piperazine rings is 1. The van der Waals surface area contributed by atoms with Gasteiger partial charge in [0.2, 0.25) is 0 Å². The van der Waals surface area contributed by atoms with E-state index in [0.29, 0.717) is 12.0 Å². The molecule has 3 heteroatoms. The van der Waals surface area contributed by atoms with Gasteiger partial charge in [-0.05, 0) is 30.9 Å². The molecule has 21 heavy (non-hydrogen) atoms. The molecule has 0 bridgehead atoms. The van der Waals surface area contributed by atoms with Crippen LogP contribution in [-0.2, 0) is 0 Å². The van der Waals surface area contributed by atoms with Crippen molar-refractivity contribution in [2.24, 2.45) is 11.7 Å². The van der Waals surface area contributed by atoms with Crippen molar-refractivity contribution in [2.45, 2.75) is 44.8 Å². The fourth-order valence-corrected chi connectivity index (χ4v) is 4.22. The number of hydrogen-bond donors (Lipinski definition) is 1. The molecule has 2 aliphatic heterocycles. The average Bonchev–Trinajstić information content (AvgIpc) is 2.95. The maximum Gasteiger partial charge on any atom is 0.0455 e. The number of nitrogens with zero attached hydrogens (tertiary/aromatic N) is 2. The van der Waals surface area contributed by atoms with Crippen molar-refractivity contribution in [1.29, 1.82) is 0 Å². The van der Waals surface area contributed by atoms with E-state index in [9.17, 15) is 0 Å². The molecule has 3 atom stereocenters. The van der Waals surface area contributed by atoms with E-state index in [2.05, 4.69) is 54.0 Å². The summed E-state index contributed by atoms with van der Waals surface area (Å²) in [6.45, 7) is 9.51. The van der Waals surface area contributed by atoms with Crippen LogP contribution in [0.25, 0.3) is 0 Å². The van der Waals surface area contributed by atoms with Crippen molar-refractivity contribution in [3.05, 3.63) is 35.9 Å². The topological polar surface area (TPSA) is 32.5 Å². The molecule has 2 saturated heterocycles. The van der Waals surface area contributed by atoms with Gasteiger partial charge in [-0.2, -0.15) is 0 Å². The Morgan fingerprint density at radius 1 is 1.10 bits per heavy atom. The molecule has 1 aromatic rings. The Hall–Kier alpha value is -0.900. The van der Waals surface area contributed by atoms with E-state index in [1.165, 1.54) is 44.6 Å². The standard InChI is InChI=1S/C18H29N3/c1-14(2)18(17(19)15-7-4-3-5-8-15)21-12-11-20-10-6-9-16(20)13-21/h3-5,7-8,14,16-18H,6,9-13,19H2,1-2H3. The second-order valence-electron chi connectivity index (χ2n) is 7.00. The first-order chi connectivity index (χ1) is 10.2. The quantitative estimate of drug-likeness (QED) is 0.923. The number of rotatable bonds is 4. The highest BCUT2D eigenvalue weighted by molar-refractivity contribution is 5.20. The molecule has 116 valence electrons. The maximum atomic E-state index is 6.65. The molecule has 2 N–H and O–H groups in total. The molecule has 3 unspecified atom stereocenters. The van der Waals surface area contributed by atoms with Gasteiger partial charge in [0.1, 0.15) is 0 Å². The van der Waals surface area contributed by atoms with Crippen LogP contribution in [0.4, 0.5) is 0 Å². The van der Waals surface area contributed by atoms with Gasteiger partial charge in [-0.1, -0.05) is 44.2 Å². The van der Waals surface area contributed by atoms with Gasteiger partial charge in [-0.15, -0.1) is 0 Å². The summed E-state index contributed by atoms with van der Waals surface area (Å²) in [5.74, 6) is 0.577. The molecule has 2 aliphatic rings. The van der Waals surface area contributed by atoms with E-state index in [4.69, 9.17) is 5.73 Å². The van der Waals surface area contributed by atoms with Crippen LogP contribution in [0.15, 0.2) is 30.3 Å². The minimum atomic E-state index is 0.110. The summed E-state index contributed by atoms with van der Waals surface area (Å²) in [5.41, 5.74) is 7.92. The summed E-state index contributed by atoms with van der Waals surface area (Å²) in [6, 6.07) is 11.9. The lowest BCUT2D eigenvalue weighted by molar-refractivity contribution is 0.0435. The number of nitrogens with two attached hydrogens (primary N) is 1. The third-order valence-corrected chi connectivity index (χ3v) is 5.28. The summed E-state index contributed by atoms with van der Waals surface area (Å²) in [6.07, 6.45) is 2.73. The normalized spacial score (nSPS) is 26.8. The molecule has 0 saturated carbocycles. The summed E-state index contributed by atoms with van der Waals surface area (Å²) >= 11 is 0. The molecule has 2 fully saturated rings. The van der Waals surface area contributed by atoms with Crippen molar-refractivity contribution in [3.63, 3.8) is 0 Å². The number of hydrogen-bond acceptors (Lipinski definition) is 3. The Balaban J connectivity index is 1.75. The zero-order valence-corrected chi connectivity index (χ0v) is 13.4. The Bertz CT molecular complexity index is 445. The second-order valence-corrected chi connectivity index (χ2v) is 7.00. The molecule has 0 spiro atoms. The predicted octanol–water partition coefficient (Wildman–Crippen LogP) is 2.49. The van der Waals surface area contributed by atoms with Crippen molar-refractivity contribution in [3.8, 4) is 0 Å². The van der Waals surface area contributed by atoms with E-state index >= 15 is 0 Å². The van der Waals surface area contributed by atoms with E-state index < -0.39 is 0 Å². The van der Waals surface area contributed by atoms with Gasteiger partial charge < -0.3 is 5.73 Å². The first-order valence-corrected chi connectivity index (χ1v) is 8.45. The SMILES string of the molecule is CC(C)C(C(N)c1ccccc1)N1CCN2CCCC2C1. The summed E-state index contributed by atoms with van der Waals surface area (Å²) in [7, 11) is 0. The van der Waals surface area contributed by atoms with Gasteiger partial charge in [-0.25, -0.2) is 0 Å². The van der Waals surface area contributed by atoms with Crippen molar-refractivity contribution >= 4 is 0 Å². The maximum absolute atomic E-state index is 6.65. The van der Waals surface area contributed by atoms with Gasteiger partial charge in [0, 0.05) is 37.8 Å². The van der Waals surface area contributed by atoms with E-state index in [1.54, 1.807) is 0 Å². The molecule has 0 radical (unpaired) electrons. The molecule has 3 nitrogen and oxygen atoms in total. The minimum absolute atomic E-state index is 0.110. The highest BCUT2D eigenvalue weighted by Gasteiger charge is 2.36. The Morgan fingerprint density at radius 3 is 2.57 bits per heavy atom. The number of fused-ring (bicyclic) bond motifs is 1. The summed E-state index contributed by atoms with van der Waals surface area (Å²) < 4.78 is 0. The molecule has 2 heterocycles. The highest BCUT2D eigenvalue weighted by atomic mass is 15.3. The average molecular weight is 287 g/mol. The number of benzene rings is 1. The summed E-state index contributed by atoms with van der Waals surface area (Å²) in [4.78, 5) is 5.33. The molecule has 0 aromatic heterocycles. The lowest BCUT2D eigenvalue weighted by Gasteiger charge is -2.45. The van der Waals surface area contributed by atoms with Gasteiger partial charge >= 0.3 is 0 Å². The van der Waals surface area contributed by atoms with Crippen LogP contribution in [-0.4, -0.2) is 48.1 Å². The molecular weight excluding hydrogens is 258 g/mol. The van der Waals surface area contributed by atoms with E-state index in [0.717, 1.165) is 6.04 Å². The van der Waals surface area contributed by atoms with E-state index in [-0.39, 0.29) is 6.04 Å². The van der Waals surface area contributed by atoms with Crippen LogP contribution in [0.5, 0.6) is 0 Å². The fourth-order valence-electron chi connectivity index (χ4n) is 4.22. The Labute approximate surface area is 129 Å². The van der Waals surface area contributed by atoms with Crippen LogP contribution in [0.2, 0.25) is 0 Å². The molecule has 0 amide bonds. The monoisotopic (exact) mass is 287 g/mol. The van der Waals surface area contributed by atoms with Crippen LogP contribution in [0.3, 0.4) is 0 Å². The third-order valence-electron chi connectivity index (χ3n) is 5.28. The van der Waals surface area contributed by atoms with Gasteiger partial charge in [0.25, 0.3) is 0 Å². The lowest BCUT2D eigenvalue weighted by Crippen LogP contribution is -2.57. The predicted molar refractivity (Wildman–Crippen MR) is 88.2 cm³/mol. The van der Waals surface area contributed by atoms with Crippen LogP contribution in [0.1, 0.15) is 38.3 Å². The second kappa shape index (κ2) is 6.47.